The molecule has 1 heterocycles. The maximum absolute atomic E-state index is 12.0. The average Bonchev–Trinajstić information content (AvgIpc) is 2.27. The zero-order valence-corrected chi connectivity index (χ0v) is 11.5. The Kier molecular flexibility index (Phi) is 4.91. The molecule has 1 amide bonds. The summed E-state index contributed by atoms with van der Waals surface area (Å²) >= 11 is 0. The van der Waals surface area contributed by atoms with Crippen molar-refractivity contribution in [2.24, 2.45) is 5.92 Å². The first-order valence-electron chi connectivity index (χ1n) is 5.74. The van der Waals surface area contributed by atoms with Crippen molar-refractivity contribution in [3.63, 3.8) is 0 Å². The third-order valence-electron chi connectivity index (χ3n) is 2.95. The Hall–Kier alpha value is -0.660. The molecule has 1 rings (SSSR count). The Morgan fingerprint density at radius 2 is 1.82 bits per heavy atom. The lowest BCUT2D eigenvalue weighted by molar-refractivity contribution is -0.136. The number of piperazine rings is 1. The number of amides is 1. The molecule has 0 aliphatic carbocycles. The van der Waals surface area contributed by atoms with Crippen LogP contribution in [0.2, 0.25) is 0 Å². The highest BCUT2D eigenvalue weighted by Crippen LogP contribution is 2.09. The molecule has 1 unspecified atom stereocenters. The van der Waals surface area contributed by atoms with E-state index in [0.29, 0.717) is 32.7 Å². The maximum atomic E-state index is 12.0. The molecular weight excluding hydrogens is 242 g/mol. The van der Waals surface area contributed by atoms with Gasteiger partial charge in [-0.05, 0) is 7.05 Å². The van der Waals surface area contributed by atoms with Crippen molar-refractivity contribution in [1.29, 1.82) is 0 Å². The van der Waals surface area contributed by atoms with Crippen LogP contribution in [0.5, 0.6) is 0 Å². The zero-order chi connectivity index (χ0) is 13.1. The average molecular weight is 263 g/mol. The SMILES string of the molecule is CNCC(C)C(=O)N1CCN(S(C)(=O)=O)CC1. The standard InChI is InChI=1S/C10H21N3O3S/c1-9(8-11-2)10(14)12-4-6-13(7-5-12)17(3,15)16/h9,11H,4-8H2,1-3H3. The fraction of sp³-hybridized carbons (Fsp3) is 0.900. The summed E-state index contributed by atoms with van der Waals surface area (Å²) in [5, 5.41) is 2.97. The molecule has 1 atom stereocenters. The van der Waals surface area contributed by atoms with E-state index in [1.54, 1.807) is 4.90 Å². The highest BCUT2D eigenvalue weighted by molar-refractivity contribution is 7.88. The quantitative estimate of drug-likeness (QED) is 0.702. The molecule has 1 saturated heterocycles. The first kappa shape index (κ1) is 14.4. The van der Waals surface area contributed by atoms with Crippen molar-refractivity contribution in [1.82, 2.24) is 14.5 Å². The molecule has 0 aromatic carbocycles. The highest BCUT2D eigenvalue weighted by Gasteiger charge is 2.27. The minimum absolute atomic E-state index is 0.0650. The number of nitrogens with one attached hydrogen (secondary N) is 1. The van der Waals surface area contributed by atoms with Gasteiger partial charge >= 0.3 is 0 Å². The third kappa shape index (κ3) is 3.93. The van der Waals surface area contributed by atoms with E-state index in [9.17, 15) is 13.2 Å². The number of carbonyl (C=O) groups excluding carboxylic acids is 1. The minimum atomic E-state index is -3.12. The van der Waals surface area contributed by atoms with Crippen molar-refractivity contribution in [3.05, 3.63) is 0 Å². The second kappa shape index (κ2) is 5.79. The maximum Gasteiger partial charge on any atom is 0.226 e. The van der Waals surface area contributed by atoms with E-state index >= 15 is 0 Å². The Bertz CT molecular complexity index is 361. The normalized spacial score (nSPS) is 20.3. The van der Waals surface area contributed by atoms with Gasteiger partial charge in [0.2, 0.25) is 15.9 Å². The lowest BCUT2D eigenvalue weighted by Gasteiger charge is -2.34. The molecule has 1 aliphatic heterocycles. The molecule has 0 aromatic rings. The molecule has 0 saturated carbocycles. The first-order chi connectivity index (χ1) is 7.86. The van der Waals surface area contributed by atoms with Crippen LogP contribution in [-0.2, 0) is 14.8 Å². The lowest BCUT2D eigenvalue weighted by atomic mass is 10.1. The van der Waals surface area contributed by atoms with E-state index in [4.69, 9.17) is 0 Å². The van der Waals surface area contributed by atoms with Crippen molar-refractivity contribution in [3.8, 4) is 0 Å². The van der Waals surface area contributed by atoms with Gasteiger partial charge in [0.25, 0.3) is 0 Å². The summed E-state index contributed by atoms with van der Waals surface area (Å²) < 4.78 is 24.0. The van der Waals surface area contributed by atoms with Crippen LogP contribution in [0.1, 0.15) is 6.92 Å². The van der Waals surface area contributed by atoms with Crippen molar-refractivity contribution in [2.45, 2.75) is 6.92 Å². The fourth-order valence-electron chi connectivity index (χ4n) is 1.95. The van der Waals surface area contributed by atoms with Crippen LogP contribution in [-0.4, -0.2) is 69.6 Å². The van der Waals surface area contributed by atoms with Crippen molar-refractivity contribution in [2.75, 3.05) is 46.0 Å². The van der Waals surface area contributed by atoms with E-state index in [1.807, 2.05) is 14.0 Å². The molecule has 7 heteroatoms. The molecule has 6 nitrogen and oxygen atoms in total. The van der Waals surface area contributed by atoms with E-state index in [2.05, 4.69) is 5.32 Å². The Morgan fingerprint density at radius 1 is 1.29 bits per heavy atom. The van der Waals surface area contributed by atoms with Gasteiger partial charge in [-0.2, -0.15) is 4.31 Å². The van der Waals surface area contributed by atoms with Crippen LogP contribution in [0.25, 0.3) is 0 Å². The molecule has 1 fully saturated rings. The Balaban J connectivity index is 2.49. The number of rotatable bonds is 4. The largest absolute Gasteiger partial charge is 0.340 e. The molecule has 100 valence electrons. The third-order valence-corrected chi connectivity index (χ3v) is 4.25. The molecule has 1 aliphatic rings. The van der Waals surface area contributed by atoms with Gasteiger partial charge in [-0.3, -0.25) is 4.79 Å². The molecule has 17 heavy (non-hydrogen) atoms. The number of nitrogens with zero attached hydrogens (tertiary/aromatic N) is 2. The van der Waals surface area contributed by atoms with Gasteiger partial charge < -0.3 is 10.2 Å². The molecule has 0 aromatic heterocycles. The fourth-order valence-corrected chi connectivity index (χ4v) is 2.77. The lowest BCUT2D eigenvalue weighted by Crippen LogP contribution is -2.52. The van der Waals surface area contributed by atoms with E-state index in [1.165, 1.54) is 10.6 Å². The highest BCUT2D eigenvalue weighted by atomic mass is 32.2. The summed E-state index contributed by atoms with van der Waals surface area (Å²) in [5.74, 6) is 0.0253. The van der Waals surface area contributed by atoms with E-state index in [0.717, 1.165) is 0 Å². The smallest absolute Gasteiger partial charge is 0.226 e. The predicted molar refractivity (Wildman–Crippen MR) is 66.1 cm³/mol. The number of sulfonamides is 1. The van der Waals surface area contributed by atoms with Gasteiger partial charge in [-0.25, -0.2) is 8.42 Å². The Morgan fingerprint density at radius 3 is 2.24 bits per heavy atom. The number of hydrogen-bond acceptors (Lipinski definition) is 4. The summed E-state index contributed by atoms with van der Waals surface area (Å²) in [7, 11) is -1.31. The topological polar surface area (TPSA) is 69.7 Å². The van der Waals surface area contributed by atoms with E-state index in [-0.39, 0.29) is 11.8 Å². The van der Waals surface area contributed by atoms with Gasteiger partial charge in [-0.15, -0.1) is 0 Å². The summed E-state index contributed by atoms with van der Waals surface area (Å²) in [6, 6.07) is 0. The second-order valence-electron chi connectivity index (χ2n) is 4.45. The van der Waals surface area contributed by atoms with E-state index < -0.39 is 10.0 Å². The summed E-state index contributed by atoms with van der Waals surface area (Å²) in [5.41, 5.74) is 0. The molecule has 1 N–H and O–H groups in total. The number of hydrogen-bond donors (Lipinski definition) is 1. The van der Waals surface area contributed by atoms with Gasteiger partial charge in [-0.1, -0.05) is 6.92 Å². The van der Waals surface area contributed by atoms with Crippen LogP contribution in [0.4, 0.5) is 0 Å². The van der Waals surface area contributed by atoms with Gasteiger partial charge in [0.15, 0.2) is 0 Å². The van der Waals surface area contributed by atoms with Crippen molar-refractivity contribution >= 4 is 15.9 Å². The van der Waals surface area contributed by atoms with Crippen LogP contribution in [0.3, 0.4) is 0 Å². The molecule has 0 spiro atoms. The van der Waals surface area contributed by atoms with Crippen LogP contribution >= 0.6 is 0 Å². The second-order valence-corrected chi connectivity index (χ2v) is 6.43. The minimum Gasteiger partial charge on any atom is -0.340 e. The molecule has 0 bridgehead atoms. The van der Waals surface area contributed by atoms with Gasteiger partial charge in [0.1, 0.15) is 0 Å². The molecule has 0 radical (unpaired) electrons. The summed E-state index contributed by atoms with van der Waals surface area (Å²) in [6.07, 6.45) is 1.20. The van der Waals surface area contributed by atoms with Crippen molar-refractivity contribution < 1.29 is 13.2 Å². The predicted octanol–water partition coefficient (Wildman–Crippen LogP) is -1.05. The first-order valence-corrected chi connectivity index (χ1v) is 7.59. The van der Waals surface area contributed by atoms with Crippen LogP contribution < -0.4 is 5.32 Å². The van der Waals surface area contributed by atoms with Gasteiger partial charge in [0.05, 0.1) is 6.26 Å². The Labute approximate surface area is 103 Å². The summed E-state index contributed by atoms with van der Waals surface area (Å²) in [4.78, 5) is 13.7. The van der Waals surface area contributed by atoms with Crippen LogP contribution in [0.15, 0.2) is 0 Å². The monoisotopic (exact) mass is 263 g/mol. The summed E-state index contributed by atoms with van der Waals surface area (Å²) in [6.45, 7) is 4.29. The molecular formula is C10H21N3O3S. The van der Waals surface area contributed by atoms with Crippen LogP contribution in [0, 0.1) is 5.92 Å². The number of carbonyl (C=O) groups is 1. The zero-order valence-electron chi connectivity index (χ0n) is 10.6. The van der Waals surface area contributed by atoms with Gasteiger partial charge in [0, 0.05) is 38.6 Å².